The Labute approximate surface area is 127 Å². The van der Waals surface area contributed by atoms with E-state index in [1.165, 1.54) is 0 Å². The van der Waals surface area contributed by atoms with Gasteiger partial charge >= 0.3 is 0 Å². The minimum atomic E-state index is -0.630. The van der Waals surface area contributed by atoms with Crippen molar-refractivity contribution >= 4 is 11.8 Å². The Balaban J connectivity index is 1.93. The van der Waals surface area contributed by atoms with Crippen LogP contribution in [0, 0.1) is 0 Å². The fourth-order valence-corrected chi connectivity index (χ4v) is 3.25. The zero-order chi connectivity index (χ0) is 15.1. The van der Waals surface area contributed by atoms with Gasteiger partial charge in [0.25, 0.3) is 0 Å². The highest BCUT2D eigenvalue weighted by Crippen LogP contribution is 2.31. The molecule has 1 saturated heterocycles. The summed E-state index contributed by atoms with van der Waals surface area (Å²) in [6.07, 6.45) is 7.34. The van der Waals surface area contributed by atoms with Crippen molar-refractivity contribution in [2.45, 2.75) is 63.8 Å². The van der Waals surface area contributed by atoms with Gasteiger partial charge in [0.05, 0.1) is 6.61 Å². The van der Waals surface area contributed by atoms with Crippen LogP contribution in [0.25, 0.3) is 0 Å². The van der Waals surface area contributed by atoms with E-state index in [0.717, 1.165) is 51.6 Å². The van der Waals surface area contributed by atoms with Gasteiger partial charge in [-0.3, -0.25) is 9.59 Å². The van der Waals surface area contributed by atoms with Crippen molar-refractivity contribution in [2.75, 3.05) is 26.3 Å². The van der Waals surface area contributed by atoms with Gasteiger partial charge in [-0.15, -0.1) is 0 Å². The zero-order valence-electron chi connectivity index (χ0n) is 13.2. The quantitative estimate of drug-likeness (QED) is 0.761. The Hall–Kier alpha value is -1.10. The summed E-state index contributed by atoms with van der Waals surface area (Å²) >= 11 is 0. The van der Waals surface area contributed by atoms with E-state index in [1.54, 1.807) is 0 Å². The number of unbranched alkanes of at least 4 members (excludes halogenated alkanes) is 1. The van der Waals surface area contributed by atoms with Gasteiger partial charge in [-0.2, -0.15) is 0 Å². The average molecular weight is 296 g/mol. The molecule has 0 unspecified atom stereocenters. The van der Waals surface area contributed by atoms with Crippen molar-refractivity contribution in [3.8, 4) is 0 Å². The lowest BCUT2D eigenvalue weighted by Gasteiger charge is -2.38. The predicted molar refractivity (Wildman–Crippen MR) is 80.9 cm³/mol. The highest BCUT2D eigenvalue weighted by atomic mass is 16.5. The van der Waals surface area contributed by atoms with E-state index in [1.807, 2.05) is 4.90 Å². The van der Waals surface area contributed by atoms with Crippen LogP contribution in [0.4, 0.5) is 0 Å². The van der Waals surface area contributed by atoms with Crippen LogP contribution in [0.5, 0.6) is 0 Å². The summed E-state index contributed by atoms with van der Waals surface area (Å²) in [6, 6.07) is 0. The molecule has 5 nitrogen and oxygen atoms in total. The third-order valence-corrected chi connectivity index (χ3v) is 4.54. The van der Waals surface area contributed by atoms with E-state index in [0.29, 0.717) is 26.1 Å². The van der Waals surface area contributed by atoms with Crippen LogP contribution in [-0.4, -0.2) is 48.6 Å². The first-order valence-corrected chi connectivity index (χ1v) is 8.36. The van der Waals surface area contributed by atoms with Crippen LogP contribution in [0.3, 0.4) is 0 Å². The van der Waals surface area contributed by atoms with Crippen molar-refractivity contribution in [1.82, 2.24) is 10.2 Å². The number of nitrogens with one attached hydrogen (secondary N) is 1. The van der Waals surface area contributed by atoms with Gasteiger partial charge in [-0.05, 0) is 19.3 Å². The van der Waals surface area contributed by atoms with Crippen molar-refractivity contribution in [2.24, 2.45) is 0 Å². The number of carbonyl (C=O) groups excluding carboxylic acids is 2. The van der Waals surface area contributed by atoms with E-state index < -0.39 is 5.54 Å². The molecular weight excluding hydrogens is 268 g/mol. The minimum Gasteiger partial charge on any atom is -0.380 e. The molecule has 5 heteroatoms. The molecule has 2 amide bonds. The van der Waals surface area contributed by atoms with Crippen LogP contribution >= 0.6 is 0 Å². The second kappa shape index (κ2) is 7.78. The molecule has 2 rings (SSSR count). The summed E-state index contributed by atoms with van der Waals surface area (Å²) in [7, 11) is 0. The lowest BCUT2D eigenvalue weighted by atomic mass is 9.80. The SMILES string of the molecule is CCCCOCCN1CCC(=O)NC2(CCCCC2)C1=O. The maximum atomic E-state index is 12.8. The molecule has 1 saturated carbocycles. The molecule has 0 bridgehead atoms. The van der Waals surface area contributed by atoms with Crippen LogP contribution in [0.2, 0.25) is 0 Å². The first-order chi connectivity index (χ1) is 10.2. The van der Waals surface area contributed by atoms with Crippen molar-refractivity contribution in [3.05, 3.63) is 0 Å². The second-order valence-electron chi connectivity index (χ2n) is 6.20. The molecule has 1 spiro atoms. The Morgan fingerprint density at radius 3 is 2.67 bits per heavy atom. The minimum absolute atomic E-state index is 0.0136. The summed E-state index contributed by atoms with van der Waals surface area (Å²) in [6.45, 7) is 4.56. The molecule has 0 aromatic heterocycles. The first-order valence-electron chi connectivity index (χ1n) is 8.36. The fraction of sp³-hybridized carbons (Fsp3) is 0.875. The molecule has 0 radical (unpaired) electrons. The largest absolute Gasteiger partial charge is 0.380 e. The number of hydrogen-bond acceptors (Lipinski definition) is 3. The molecule has 1 N–H and O–H groups in total. The monoisotopic (exact) mass is 296 g/mol. The molecule has 0 atom stereocenters. The van der Waals surface area contributed by atoms with E-state index in [-0.39, 0.29) is 11.8 Å². The maximum absolute atomic E-state index is 12.8. The number of ether oxygens (including phenoxy) is 1. The van der Waals surface area contributed by atoms with Crippen LogP contribution in [0.15, 0.2) is 0 Å². The first kappa shape index (κ1) is 16.3. The number of hydrogen-bond donors (Lipinski definition) is 1. The van der Waals surface area contributed by atoms with Crippen LogP contribution < -0.4 is 5.32 Å². The molecule has 120 valence electrons. The lowest BCUT2D eigenvalue weighted by Crippen LogP contribution is -2.58. The Morgan fingerprint density at radius 2 is 1.95 bits per heavy atom. The van der Waals surface area contributed by atoms with Gasteiger partial charge in [0.15, 0.2) is 0 Å². The van der Waals surface area contributed by atoms with Crippen LogP contribution in [-0.2, 0) is 14.3 Å². The normalized spacial score (nSPS) is 22.2. The molecule has 1 aliphatic carbocycles. The highest BCUT2D eigenvalue weighted by molar-refractivity contribution is 5.93. The molecule has 0 aromatic rings. The standard InChI is InChI=1S/C16H28N2O3/c1-2-3-12-21-13-11-18-10-7-14(19)17-16(15(18)20)8-5-4-6-9-16/h2-13H2,1H3,(H,17,19). The third-order valence-electron chi connectivity index (χ3n) is 4.54. The topological polar surface area (TPSA) is 58.6 Å². The van der Waals surface area contributed by atoms with Gasteiger partial charge < -0.3 is 15.0 Å². The van der Waals surface area contributed by atoms with Gasteiger partial charge in [0.1, 0.15) is 5.54 Å². The number of carbonyl (C=O) groups is 2. The van der Waals surface area contributed by atoms with Gasteiger partial charge in [0, 0.05) is 26.1 Å². The third kappa shape index (κ3) is 4.19. The lowest BCUT2D eigenvalue weighted by molar-refractivity contribution is -0.141. The summed E-state index contributed by atoms with van der Waals surface area (Å²) in [5.74, 6) is 0.117. The summed E-state index contributed by atoms with van der Waals surface area (Å²) in [5.41, 5.74) is -0.630. The summed E-state index contributed by atoms with van der Waals surface area (Å²) in [4.78, 5) is 26.6. The Bertz CT molecular complexity index is 365. The van der Waals surface area contributed by atoms with Crippen molar-refractivity contribution in [3.63, 3.8) is 0 Å². The van der Waals surface area contributed by atoms with Crippen molar-refractivity contribution in [1.29, 1.82) is 0 Å². The number of nitrogens with zero attached hydrogens (tertiary/aromatic N) is 1. The molecule has 1 aliphatic heterocycles. The summed E-state index contributed by atoms with van der Waals surface area (Å²) in [5, 5.41) is 3.01. The molecule has 2 fully saturated rings. The van der Waals surface area contributed by atoms with Crippen molar-refractivity contribution < 1.29 is 14.3 Å². The molecule has 21 heavy (non-hydrogen) atoms. The Kier molecular flexibility index (Phi) is 6.03. The number of rotatable bonds is 6. The molecular formula is C16H28N2O3. The number of amides is 2. The van der Waals surface area contributed by atoms with E-state index in [2.05, 4.69) is 12.2 Å². The summed E-state index contributed by atoms with van der Waals surface area (Å²) < 4.78 is 5.57. The van der Waals surface area contributed by atoms with Crippen LogP contribution in [0.1, 0.15) is 58.3 Å². The van der Waals surface area contributed by atoms with Gasteiger partial charge in [-0.1, -0.05) is 32.6 Å². The van der Waals surface area contributed by atoms with E-state index in [9.17, 15) is 9.59 Å². The van der Waals surface area contributed by atoms with E-state index in [4.69, 9.17) is 4.74 Å². The fourth-order valence-electron chi connectivity index (χ4n) is 3.25. The van der Waals surface area contributed by atoms with Gasteiger partial charge in [-0.25, -0.2) is 0 Å². The zero-order valence-corrected chi connectivity index (χ0v) is 13.2. The van der Waals surface area contributed by atoms with Gasteiger partial charge in [0.2, 0.25) is 11.8 Å². The Morgan fingerprint density at radius 1 is 1.19 bits per heavy atom. The highest BCUT2D eigenvalue weighted by Gasteiger charge is 2.44. The molecule has 2 aliphatic rings. The predicted octanol–water partition coefficient (Wildman–Crippen LogP) is 1.85. The average Bonchev–Trinajstić information content (AvgIpc) is 2.60. The maximum Gasteiger partial charge on any atom is 0.248 e. The molecule has 1 heterocycles. The van der Waals surface area contributed by atoms with E-state index >= 15 is 0 Å². The second-order valence-corrected chi connectivity index (χ2v) is 6.20. The molecule has 0 aromatic carbocycles. The smallest absolute Gasteiger partial charge is 0.248 e.